The predicted octanol–water partition coefficient (Wildman–Crippen LogP) is 3.33. The molecule has 3 heterocycles. The van der Waals surface area contributed by atoms with Crippen LogP contribution in [0.15, 0.2) is 11.0 Å². The van der Waals surface area contributed by atoms with Gasteiger partial charge in [0.2, 0.25) is 0 Å². The summed E-state index contributed by atoms with van der Waals surface area (Å²) in [5.74, 6) is 0.0526. The van der Waals surface area contributed by atoms with Gasteiger partial charge in [-0.2, -0.15) is 18.3 Å². The molecule has 1 saturated heterocycles. The maximum Gasteiger partial charge on any atom is 0.408 e. The van der Waals surface area contributed by atoms with E-state index in [1.807, 2.05) is 13.8 Å². The molecule has 0 amide bonds. The largest absolute Gasteiger partial charge is 0.408 e. The number of nitrogens with zero attached hydrogens (tertiary/aromatic N) is 3. The fraction of sp³-hybridized carbons (Fsp3) is 0.684. The standard InChI is InChI=1S/C19H25F3N4O/c1-12(2)18(8-5-9-23-18)26-16-15(10-24-25(16)11-19(20,21)22)13-6-3-4-7-14(13)17(26)27/h10,12,23H,3-9,11H2,1-2H3/t18-/m1/s1. The molecule has 1 fully saturated rings. The predicted molar refractivity (Wildman–Crippen MR) is 96.7 cm³/mol. The number of pyridine rings is 1. The Morgan fingerprint density at radius 2 is 1.93 bits per heavy atom. The first-order chi connectivity index (χ1) is 12.7. The van der Waals surface area contributed by atoms with Crippen LogP contribution in [0.1, 0.15) is 50.7 Å². The highest BCUT2D eigenvalue weighted by atomic mass is 19.4. The van der Waals surface area contributed by atoms with Crippen LogP contribution in [0.3, 0.4) is 0 Å². The van der Waals surface area contributed by atoms with Crippen molar-refractivity contribution in [2.45, 2.75) is 70.8 Å². The van der Waals surface area contributed by atoms with Crippen molar-refractivity contribution in [1.82, 2.24) is 19.7 Å². The molecule has 8 heteroatoms. The lowest BCUT2D eigenvalue weighted by atomic mass is 9.88. The monoisotopic (exact) mass is 382 g/mol. The van der Waals surface area contributed by atoms with E-state index in [-0.39, 0.29) is 11.5 Å². The van der Waals surface area contributed by atoms with Gasteiger partial charge in [-0.05, 0) is 56.6 Å². The third-order valence-corrected chi connectivity index (χ3v) is 6.13. The van der Waals surface area contributed by atoms with Crippen molar-refractivity contribution in [3.05, 3.63) is 27.7 Å². The number of fused-ring (bicyclic) bond motifs is 3. The van der Waals surface area contributed by atoms with Crippen LogP contribution in [-0.2, 0) is 25.0 Å². The molecule has 0 unspecified atom stereocenters. The molecule has 2 aromatic heterocycles. The van der Waals surface area contributed by atoms with E-state index in [4.69, 9.17) is 0 Å². The molecule has 0 aromatic carbocycles. The van der Waals surface area contributed by atoms with Crippen molar-refractivity contribution in [1.29, 1.82) is 0 Å². The van der Waals surface area contributed by atoms with E-state index in [2.05, 4.69) is 10.4 Å². The summed E-state index contributed by atoms with van der Waals surface area (Å²) >= 11 is 0. The smallest absolute Gasteiger partial charge is 0.294 e. The summed E-state index contributed by atoms with van der Waals surface area (Å²) in [5.41, 5.74) is 1.13. The third kappa shape index (κ3) is 2.88. The molecule has 0 saturated carbocycles. The Bertz CT molecular complexity index is 920. The number of alkyl halides is 3. The molecule has 27 heavy (non-hydrogen) atoms. The van der Waals surface area contributed by atoms with Crippen molar-refractivity contribution >= 4 is 11.0 Å². The first-order valence-corrected chi connectivity index (χ1v) is 9.69. The summed E-state index contributed by atoms with van der Waals surface area (Å²) < 4.78 is 42.1. The molecule has 2 aromatic rings. The summed E-state index contributed by atoms with van der Waals surface area (Å²) in [7, 11) is 0. The first kappa shape index (κ1) is 18.5. The van der Waals surface area contributed by atoms with Gasteiger partial charge in [0, 0.05) is 10.9 Å². The Balaban J connectivity index is 2.08. The van der Waals surface area contributed by atoms with E-state index >= 15 is 0 Å². The molecule has 0 spiro atoms. The molecule has 4 rings (SSSR count). The Morgan fingerprint density at radius 3 is 2.52 bits per heavy atom. The number of rotatable bonds is 3. The van der Waals surface area contributed by atoms with Gasteiger partial charge in [-0.1, -0.05) is 13.8 Å². The summed E-state index contributed by atoms with van der Waals surface area (Å²) in [5, 5.41) is 8.20. The van der Waals surface area contributed by atoms with Crippen LogP contribution in [-0.4, -0.2) is 27.1 Å². The van der Waals surface area contributed by atoms with Crippen LogP contribution in [0, 0.1) is 5.92 Å². The maximum atomic E-state index is 13.5. The van der Waals surface area contributed by atoms with E-state index < -0.39 is 18.4 Å². The lowest BCUT2D eigenvalue weighted by molar-refractivity contribution is -0.142. The summed E-state index contributed by atoms with van der Waals surface area (Å²) in [6, 6.07) is 0. The quantitative estimate of drug-likeness (QED) is 0.886. The summed E-state index contributed by atoms with van der Waals surface area (Å²) in [6.45, 7) is 3.58. The molecule has 1 atom stereocenters. The first-order valence-electron chi connectivity index (χ1n) is 9.69. The van der Waals surface area contributed by atoms with Crippen LogP contribution >= 0.6 is 0 Å². The zero-order valence-corrected chi connectivity index (χ0v) is 15.7. The van der Waals surface area contributed by atoms with Crippen molar-refractivity contribution in [2.24, 2.45) is 5.92 Å². The molecular formula is C19H25F3N4O. The minimum Gasteiger partial charge on any atom is -0.294 e. The minimum atomic E-state index is -4.40. The molecule has 148 valence electrons. The van der Waals surface area contributed by atoms with Crippen LogP contribution in [0.25, 0.3) is 11.0 Å². The van der Waals surface area contributed by atoms with Crippen molar-refractivity contribution < 1.29 is 13.2 Å². The summed E-state index contributed by atoms with van der Waals surface area (Å²) in [6.07, 6.45) is 2.01. The average molecular weight is 382 g/mol. The second-order valence-electron chi connectivity index (χ2n) is 8.07. The van der Waals surface area contributed by atoms with Gasteiger partial charge in [0.1, 0.15) is 17.9 Å². The van der Waals surface area contributed by atoms with Crippen molar-refractivity contribution in [3.63, 3.8) is 0 Å². The van der Waals surface area contributed by atoms with Crippen LogP contribution in [0.5, 0.6) is 0 Å². The van der Waals surface area contributed by atoms with Gasteiger partial charge in [0.25, 0.3) is 5.56 Å². The molecular weight excluding hydrogens is 357 g/mol. The number of aryl methyl sites for hydroxylation is 1. The number of nitrogens with one attached hydrogen (secondary N) is 1. The van der Waals surface area contributed by atoms with E-state index in [1.54, 1.807) is 4.57 Å². The van der Waals surface area contributed by atoms with E-state index in [9.17, 15) is 18.0 Å². The highest BCUT2D eigenvalue weighted by Crippen LogP contribution is 2.37. The highest BCUT2D eigenvalue weighted by Gasteiger charge is 2.42. The fourth-order valence-electron chi connectivity index (χ4n) is 4.85. The molecule has 1 aliphatic heterocycles. The SMILES string of the molecule is CC(C)[C@]1(n2c(=O)c3c(c4cnn(CC(F)(F)F)c42)CCCC3)CCCN1. The Kier molecular flexibility index (Phi) is 4.36. The Labute approximate surface area is 155 Å². The van der Waals surface area contributed by atoms with Crippen LogP contribution < -0.4 is 10.9 Å². The van der Waals surface area contributed by atoms with Crippen LogP contribution in [0.2, 0.25) is 0 Å². The van der Waals surface area contributed by atoms with Gasteiger partial charge in [-0.25, -0.2) is 4.68 Å². The fourth-order valence-corrected chi connectivity index (χ4v) is 4.85. The number of hydrogen-bond acceptors (Lipinski definition) is 3. The zero-order valence-electron chi connectivity index (χ0n) is 15.7. The van der Waals surface area contributed by atoms with Gasteiger partial charge in [0.15, 0.2) is 0 Å². The van der Waals surface area contributed by atoms with Crippen LogP contribution in [0.4, 0.5) is 13.2 Å². The van der Waals surface area contributed by atoms with Gasteiger partial charge in [-0.3, -0.25) is 14.7 Å². The zero-order chi connectivity index (χ0) is 19.4. The molecule has 1 N–H and O–H groups in total. The number of aromatic nitrogens is 3. The van der Waals surface area contributed by atoms with Gasteiger partial charge >= 0.3 is 6.18 Å². The maximum absolute atomic E-state index is 13.5. The lowest BCUT2D eigenvalue weighted by Gasteiger charge is -2.38. The van der Waals surface area contributed by atoms with Crippen molar-refractivity contribution in [3.8, 4) is 0 Å². The van der Waals surface area contributed by atoms with E-state index in [0.717, 1.165) is 54.5 Å². The van der Waals surface area contributed by atoms with Gasteiger partial charge < -0.3 is 0 Å². The number of hydrogen-bond donors (Lipinski definition) is 1. The van der Waals surface area contributed by atoms with Gasteiger partial charge in [0.05, 0.1) is 6.20 Å². The lowest BCUT2D eigenvalue weighted by Crippen LogP contribution is -2.53. The molecule has 0 bridgehead atoms. The van der Waals surface area contributed by atoms with Crippen molar-refractivity contribution in [2.75, 3.05) is 6.54 Å². The Morgan fingerprint density at radius 1 is 1.22 bits per heavy atom. The highest BCUT2D eigenvalue weighted by molar-refractivity contribution is 5.81. The van der Waals surface area contributed by atoms with E-state index in [0.29, 0.717) is 17.5 Å². The van der Waals surface area contributed by atoms with E-state index in [1.165, 1.54) is 6.20 Å². The minimum absolute atomic E-state index is 0.0526. The second-order valence-corrected chi connectivity index (χ2v) is 8.07. The topological polar surface area (TPSA) is 51.9 Å². The Hall–Kier alpha value is -1.83. The molecule has 1 aliphatic carbocycles. The number of halogens is 3. The normalized spacial score (nSPS) is 23.3. The van der Waals surface area contributed by atoms with Gasteiger partial charge in [-0.15, -0.1) is 0 Å². The molecule has 5 nitrogen and oxygen atoms in total. The molecule has 2 aliphatic rings. The summed E-state index contributed by atoms with van der Waals surface area (Å²) in [4.78, 5) is 13.5. The second kappa shape index (κ2) is 6.36. The average Bonchev–Trinajstić information content (AvgIpc) is 3.23. The third-order valence-electron chi connectivity index (χ3n) is 6.13. The molecule has 0 radical (unpaired) electrons.